The monoisotopic (exact) mass is 282 g/mol. The highest BCUT2D eigenvalue weighted by Crippen LogP contribution is 2.23. The summed E-state index contributed by atoms with van der Waals surface area (Å²) >= 11 is 3.50. The summed E-state index contributed by atoms with van der Waals surface area (Å²) in [5.41, 5.74) is 7.24. The Morgan fingerprint density at radius 3 is 2.88 bits per heavy atom. The van der Waals surface area contributed by atoms with Crippen LogP contribution in [0.15, 0.2) is 28.7 Å². The molecule has 3 heteroatoms. The van der Waals surface area contributed by atoms with Gasteiger partial charge in [-0.2, -0.15) is 0 Å². The Hall–Kier alpha value is -0.380. The van der Waals surface area contributed by atoms with E-state index in [0.29, 0.717) is 18.1 Å². The maximum absolute atomic E-state index is 5.92. The first-order valence-corrected chi connectivity index (χ1v) is 6.71. The minimum atomic E-state index is 0.396. The van der Waals surface area contributed by atoms with Crippen LogP contribution in [-0.2, 0) is 0 Å². The average molecular weight is 283 g/mol. The number of hydrogen-bond donors (Lipinski definition) is 2. The standard InChI is InChI=1S/C13H19BrN2/c1-9(10-3-2-4-11(14)7-10)16-13-6-5-12(15)8-13/h2-4,7,9,12-13,16H,5-6,8,15H2,1H3/t9-,12?,13?/m1/s1. The van der Waals surface area contributed by atoms with Crippen LogP contribution in [0.3, 0.4) is 0 Å². The van der Waals surface area contributed by atoms with Crippen LogP contribution in [0.2, 0.25) is 0 Å². The molecule has 1 fully saturated rings. The summed E-state index contributed by atoms with van der Waals surface area (Å²) in [6, 6.07) is 9.85. The molecule has 2 rings (SSSR count). The highest BCUT2D eigenvalue weighted by molar-refractivity contribution is 9.10. The third-order valence-electron chi connectivity index (χ3n) is 3.31. The van der Waals surface area contributed by atoms with Gasteiger partial charge >= 0.3 is 0 Å². The number of halogens is 1. The van der Waals surface area contributed by atoms with Crippen LogP contribution in [0.25, 0.3) is 0 Å². The van der Waals surface area contributed by atoms with Gasteiger partial charge in [0.1, 0.15) is 0 Å². The van der Waals surface area contributed by atoms with E-state index in [1.165, 1.54) is 12.0 Å². The van der Waals surface area contributed by atoms with Gasteiger partial charge in [-0.25, -0.2) is 0 Å². The Balaban J connectivity index is 1.95. The molecule has 1 saturated carbocycles. The molecule has 0 amide bonds. The van der Waals surface area contributed by atoms with Crippen molar-refractivity contribution in [1.29, 1.82) is 0 Å². The Labute approximate surface area is 106 Å². The fraction of sp³-hybridized carbons (Fsp3) is 0.538. The van der Waals surface area contributed by atoms with Crippen LogP contribution in [0.1, 0.15) is 37.8 Å². The fourth-order valence-corrected chi connectivity index (χ4v) is 2.81. The number of rotatable bonds is 3. The normalized spacial score (nSPS) is 26.9. The van der Waals surface area contributed by atoms with E-state index < -0.39 is 0 Å². The predicted molar refractivity (Wildman–Crippen MR) is 71.3 cm³/mol. The first-order chi connectivity index (χ1) is 7.65. The first-order valence-electron chi connectivity index (χ1n) is 5.92. The molecule has 0 spiro atoms. The van der Waals surface area contributed by atoms with Crippen molar-refractivity contribution >= 4 is 15.9 Å². The minimum Gasteiger partial charge on any atom is -0.328 e. The predicted octanol–water partition coefficient (Wildman–Crippen LogP) is 2.98. The van der Waals surface area contributed by atoms with Crippen LogP contribution in [0.4, 0.5) is 0 Å². The molecule has 2 nitrogen and oxygen atoms in total. The molecule has 0 radical (unpaired) electrons. The van der Waals surface area contributed by atoms with Crippen LogP contribution in [0, 0.1) is 0 Å². The number of benzene rings is 1. The van der Waals surface area contributed by atoms with Crippen molar-refractivity contribution in [3.8, 4) is 0 Å². The van der Waals surface area contributed by atoms with E-state index in [1.807, 2.05) is 0 Å². The molecule has 0 heterocycles. The first kappa shape index (κ1) is 12.1. The van der Waals surface area contributed by atoms with Gasteiger partial charge < -0.3 is 11.1 Å². The summed E-state index contributed by atoms with van der Waals surface area (Å²) in [4.78, 5) is 0. The molecule has 0 bridgehead atoms. The van der Waals surface area contributed by atoms with Crippen LogP contribution in [-0.4, -0.2) is 12.1 Å². The van der Waals surface area contributed by atoms with Gasteiger partial charge in [0.15, 0.2) is 0 Å². The summed E-state index contributed by atoms with van der Waals surface area (Å²) in [7, 11) is 0. The second kappa shape index (κ2) is 5.30. The molecule has 1 aliphatic rings. The number of nitrogens with two attached hydrogens (primary N) is 1. The molecule has 16 heavy (non-hydrogen) atoms. The number of nitrogens with one attached hydrogen (secondary N) is 1. The van der Waals surface area contributed by atoms with E-state index in [1.54, 1.807) is 0 Å². The topological polar surface area (TPSA) is 38.0 Å². The van der Waals surface area contributed by atoms with Crippen LogP contribution >= 0.6 is 15.9 Å². The van der Waals surface area contributed by atoms with Crippen molar-refractivity contribution in [2.45, 2.75) is 44.3 Å². The van der Waals surface area contributed by atoms with Gasteiger partial charge in [-0.05, 0) is 43.9 Å². The van der Waals surface area contributed by atoms with Crippen molar-refractivity contribution in [3.05, 3.63) is 34.3 Å². The van der Waals surface area contributed by atoms with Gasteiger partial charge in [0.05, 0.1) is 0 Å². The molecule has 3 atom stereocenters. The average Bonchev–Trinajstić information content (AvgIpc) is 2.64. The smallest absolute Gasteiger partial charge is 0.0294 e. The van der Waals surface area contributed by atoms with Crippen molar-refractivity contribution in [2.75, 3.05) is 0 Å². The second-order valence-electron chi connectivity index (χ2n) is 4.71. The van der Waals surface area contributed by atoms with Crippen molar-refractivity contribution in [3.63, 3.8) is 0 Å². The molecule has 0 aromatic heterocycles. The molecule has 1 aromatic carbocycles. The largest absolute Gasteiger partial charge is 0.328 e. The zero-order valence-corrected chi connectivity index (χ0v) is 11.2. The Bertz CT molecular complexity index is 354. The van der Waals surface area contributed by atoms with Gasteiger partial charge in [0, 0.05) is 22.6 Å². The molecular formula is C13H19BrN2. The summed E-state index contributed by atoms with van der Waals surface area (Å²) < 4.78 is 1.14. The summed E-state index contributed by atoms with van der Waals surface area (Å²) in [5.74, 6) is 0. The van der Waals surface area contributed by atoms with Crippen molar-refractivity contribution in [1.82, 2.24) is 5.32 Å². The van der Waals surface area contributed by atoms with Gasteiger partial charge in [0.2, 0.25) is 0 Å². The van der Waals surface area contributed by atoms with Gasteiger partial charge in [0.25, 0.3) is 0 Å². The SMILES string of the molecule is C[C@@H](NC1CCC(N)C1)c1cccc(Br)c1. The summed E-state index contributed by atoms with van der Waals surface area (Å²) in [5, 5.41) is 3.65. The minimum absolute atomic E-state index is 0.396. The lowest BCUT2D eigenvalue weighted by Crippen LogP contribution is -2.30. The van der Waals surface area contributed by atoms with Crippen molar-refractivity contribution in [2.24, 2.45) is 5.73 Å². The van der Waals surface area contributed by atoms with Crippen molar-refractivity contribution < 1.29 is 0 Å². The van der Waals surface area contributed by atoms with Crippen LogP contribution in [0.5, 0.6) is 0 Å². The molecule has 1 aromatic rings. The Morgan fingerprint density at radius 2 is 2.25 bits per heavy atom. The number of hydrogen-bond acceptors (Lipinski definition) is 2. The third-order valence-corrected chi connectivity index (χ3v) is 3.80. The van der Waals surface area contributed by atoms with E-state index >= 15 is 0 Å². The Morgan fingerprint density at radius 1 is 1.44 bits per heavy atom. The zero-order valence-electron chi connectivity index (χ0n) is 9.62. The third kappa shape index (κ3) is 3.06. The molecule has 3 N–H and O–H groups in total. The van der Waals surface area contributed by atoms with E-state index in [2.05, 4.69) is 52.4 Å². The van der Waals surface area contributed by atoms with E-state index in [9.17, 15) is 0 Å². The molecule has 0 saturated heterocycles. The van der Waals surface area contributed by atoms with Gasteiger partial charge in [-0.1, -0.05) is 28.1 Å². The fourth-order valence-electron chi connectivity index (χ4n) is 2.39. The second-order valence-corrected chi connectivity index (χ2v) is 5.63. The maximum atomic E-state index is 5.92. The quantitative estimate of drug-likeness (QED) is 0.895. The highest BCUT2D eigenvalue weighted by Gasteiger charge is 2.22. The molecule has 0 aliphatic heterocycles. The molecule has 1 aliphatic carbocycles. The summed E-state index contributed by atoms with van der Waals surface area (Å²) in [6.45, 7) is 2.21. The lowest BCUT2D eigenvalue weighted by atomic mass is 10.1. The van der Waals surface area contributed by atoms with Crippen LogP contribution < -0.4 is 11.1 Å². The lowest BCUT2D eigenvalue weighted by Gasteiger charge is -2.20. The summed E-state index contributed by atoms with van der Waals surface area (Å²) in [6.07, 6.45) is 3.47. The van der Waals surface area contributed by atoms with E-state index in [-0.39, 0.29) is 0 Å². The zero-order chi connectivity index (χ0) is 11.5. The lowest BCUT2D eigenvalue weighted by molar-refractivity contribution is 0.457. The molecule has 88 valence electrons. The van der Waals surface area contributed by atoms with Gasteiger partial charge in [-0.15, -0.1) is 0 Å². The molecule has 2 unspecified atom stereocenters. The Kier molecular flexibility index (Phi) is 4.00. The van der Waals surface area contributed by atoms with E-state index in [4.69, 9.17) is 5.73 Å². The highest BCUT2D eigenvalue weighted by atomic mass is 79.9. The maximum Gasteiger partial charge on any atom is 0.0294 e. The molecular weight excluding hydrogens is 264 g/mol. The van der Waals surface area contributed by atoms with E-state index in [0.717, 1.165) is 17.3 Å². The van der Waals surface area contributed by atoms with Gasteiger partial charge in [-0.3, -0.25) is 0 Å².